The summed E-state index contributed by atoms with van der Waals surface area (Å²) in [6, 6.07) is 0. The van der Waals surface area contributed by atoms with Crippen molar-refractivity contribution < 1.29 is 54.1 Å². The monoisotopic (exact) mass is 382 g/mol. The minimum atomic E-state index is -1.31. The van der Waals surface area contributed by atoms with Gasteiger partial charge in [0.15, 0.2) is 6.10 Å². The highest BCUT2D eigenvalue weighted by Crippen LogP contribution is 2.05. The highest BCUT2D eigenvalue weighted by molar-refractivity contribution is 5.70. The van der Waals surface area contributed by atoms with Crippen LogP contribution in [0.2, 0.25) is 0 Å². The van der Waals surface area contributed by atoms with E-state index >= 15 is 0 Å². The van der Waals surface area contributed by atoms with Crippen molar-refractivity contribution in [2.75, 3.05) is 41.3 Å². The highest BCUT2D eigenvalue weighted by Gasteiger charge is 2.23. The predicted molar refractivity (Wildman–Crippen MR) is 82.9 cm³/mol. The van der Waals surface area contributed by atoms with E-state index in [1.54, 1.807) is 6.92 Å². The number of hydrogen-bond donors (Lipinski definition) is 3. The van der Waals surface area contributed by atoms with E-state index in [1.807, 2.05) is 0 Å². The molecular weight excluding hydrogens is 352 g/mol. The average Bonchev–Trinajstić information content (AvgIpc) is 2.32. The maximum Gasteiger partial charge on any atom is 0.306 e. The number of carbonyl (C=O) groups is 3. The zero-order chi connectivity index (χ0) is 21.1. The lowest BCUT2D eigenvalue weighted by molar-refractivity contribution is -1.07. The van der Waals surface area contributed by atoms with E-state index < -0.39 is 52.3 Å². The summed E-state index contributed by atoms with van der Waals surface area (Å²) in [5, 5.41) is 47.8. The Bertz CT molecular complexity index is 455. The molecule has 0 fully saturated rings. The van der Waals surface area contributed by atoms with Crippen molar-refractivity contribution in [3.05, 3.63) is 0 Å². The first-order valence-electron chi connectivity index (χ1n) is 7.94. The van der Waals surface area contributed by atoms with Gasteiger partial charge in [-0.3, -0.25) is 4.79 Å². The Morgan fingerprint density at radius 3 is 1.65 bits per heavy atom. The molecule has 0 aromatic rings. The van der Waals surface area contributed by atoms with Gasteiger partial charge in [0.1, 0.15) is 19.2 Å². The number of rotatable bonds is 10. The predicted octanol–water partition coefficient (Wildman–Crippen LogP) is -3.13. The van der Waals surface area contributed by atoms with Crippen LogP contribution >= 0.6 is 0 Å². The molecule has 0 aliphatic heterocycles. The molecule has 0 aliphatic carbocycles. The fourth-order valence-corrected chi connectivity index (χ4v) is 1.87. The molecular formula is C15H30N2O9. The van der Waals surface area contributed by atoms with Crippen molar-refractivity contribution in [2.45, 2.75) is 38.4 Å². The lowest BCUT2D eigenvalue weighted by atomic mass is 10.2. The van der Waals surface area contributed by atoms with Crippen LogP contribution in [0.25, 0.3) is 0 Å². The molecule has 0 bridgehead atoms. The zero-order valence-corrected chi connectivity index (χ0v) is 15.9. The summed E-state index contributed by atoms with van der Waals surface area (Å²) in [5.41, 5.74) is 0. The van der Waals surface area contributed by atoms with Gasteiger partial charge in [-0.15, -0.1) is 0 Å². The Morgan fingerprint density at radius 2 is 1.35 bits per heavy atom. The molecule has 11 heteroatoms. The lowest BCUT2D eigenvalue weighted by Gasteiger charge is -2.25. The number of hydroxylamine groups is 6. The second-order valence-corrected chi connectivity index (χ2v) is 6.88. The second kappa shape index (κ2) is 11.8. The summed E-state index contributed by atoms with van der Waals surface area (Å²) in [6.45, 7) is 1.60. The van der Waals surface area contributed by atoms with Gasteiger partial charge >= 0.3 is 5.97 Å². The summed E-state index contributed by atoms with van der Waals surface area (Å²) in [6.07, 6.45) is -2.60. The maximum atomic E-state index is 11.0. The number of aliphatic hydroxyl groups excluding tert-OH is 1. The number of esters is 1. The molecule has 0 aliphatic rings. The standard InChI is InChI=1S/C9H17NO5.C6H13NO4/c1-4-9(13)15-7(5-8(11)12)6-10(2,3)14;1-7(2,11)4-5(8)3-6(9)10/h7,14H,4-6H2,1-3H3;5,8,11H,3-4H2,1-2H3. The summed E-state index contributed by atoms with van der Waals surface area (Å²) in [5.74, 6) is -3.11. The van der Waals surface area contributed by atoms with Gasteiger partial charge in [-0.25, -0.2) is 10.4 Å². The topological polar surface area (TPSA) is 167 Å². The molecule has 0 spiro atoms. The number of nitrogens with zero attached hydrogens (tertiary/aromatic N) is 2. The number of hydrogen-bond acceptors (Lipinski definition) is 9. The van der Waals surface area contributed by atoms with Crippen molar-refractivity contribution >= 4 is 17.9 Å². The van der Waals surface area contributed by atoms with Gasteiger partial charge in [0, 0.05) is 31.2 Å². The van der Waals surface area contributed by atoms with E-state index in [9.17, 15) is 29.8 Å². The second-order valence-electron chi connectivity index (χ2n) is 6.88. The molecule has 2 unspecified atom stereocenters. The third-order valence-corrected chi connectivity index (χ3v) is 2.69. The van der Waals surface area contributed by atoms with E-state index in [1.165, 1.54) is 28.2 Å². The van der Waals surface area contributed by atoms with Crippen molar-refractivity contribution in [3.63, 3.8) is 0 Å². The van der Waals surface area contributed by atoms with Crippen LogP contribution in [0.5, 0.6) is 0 Å². The van der Waals surface area contributed by atoms with Gasteiger partial charge in [-0.2, -0.15) is 9.29 Å². The summed E-state index contributed by atoms with van der Waals surface area (Å²) < 4.78 is 3.94. The quantitative estimate of drug-likeness (QED) is 0.201. The Hall–Kier alpha value is -1.79. The van der Waals surface area contributed by atoms with Gasteiger partial charge < -0.3 is 29.6 Å². The first kappa shape index (κ1) is 26.4. The summed E-state index contributed by atoms with van der Waals surface area (Å²) >= 11 is 0. The van der Waals surface area contributed by atoms with Crippen LogP contribution in [0.3, 0.4) is 0 Å². The van der Waals surface area contributed by atoms with Crippen LogP contribution in [0, 0.1) is 0 Å². The maximum absolute atomic E-state index is 11.0. The summed E-state index contributed by atoms with van der Waals surface area (Å²) in [4.78, 5) is 31.3. The Morgan fingerprint density at radius 1 is 0.923 bits per heavy atom. The van der Waals surface area contributed by atoms with Gasteiger partial charge in [-0.1, -0.05) is 6.92 Å². The SMILES string of the molecule is CCC(=O)OC(CC(=O)[O-])C[N+](C)(C)O.C[N+](C)(O)CC(O)CC(=O)[O-]. The molecule has 0 radical (unpaired) electrons. The fourth-order valence-electron chi connectivity index (χ4n) is 1.87. The Kier molecular flexibility index (Phi) is 12.0. The molecule has 154 valence electrons. The first-order valence-corrected chi connectivity index (χ1v) is 7.94. The van der Waals surface area contributed by atoms with E-state index in [0.29, 0.717) is 0 Å². The average molecular weight is 382 g/mol. The van der Waals surface area contributed by atoms with Crippen molar-refractivity contribution in [1.29, 1.82) is 0 Å². The molecule has 3 N–H and O–H groups in total. The molecule has 0 aromatic carbocycles. The summed E-state index contributed by atoms with van der Waals surface area (Å²) in [7, 11) is 5.81. The Labute approximate surface area is 152 Å². The van der Waals surface area contributed by atoms with Crippen molar-refractivity contribution in [1.82, 2.24) is 0 Å². The number of aliphatic carboxylic acids is 2. The van der Waals surface area contributed by atoms with Gasteiger partial charge in [0.25, 0.3) is 0 Å². The van der Waals surface area contributed by atoms with Crippen molar-refractivity contribution in [2.24, 2.45) is 0 Å². The molecule has 26 heavy (non-hydrogen) atoms. The molecule has 0 heterocycles. The number of likely N-dealkylation sites (N-methyl/N-ethyl adjacent to an activating group) is 2. The number of carbonyl (C=O) groups excluding carboxylic acids is 3. The molecule has 0 rings (SSSR count). The smallest absolute Gasteiger partial charge is 0.306 e. The molecule has 11 nitrogen and oxygen atoms in total. The minimum Gasteiger partial charge on any atom is -0.550 e. The molecule has 0 saturated heterocycles. The van der Waals surface area contributed by atoms with Gasteiger partial charge in [0.2, 0.25) is 0 Å². The van der Waals surface area contributed by atoms with Crippen LogP contribution in [-0.2, 0) is 19.1 Å². The van der Waals surface area contributed by atoms with E-state index in [-0.39, 0.29) is 19.5 Å². The molecule has 2 atom stereocenters. The van der Waals surface area contributed by atoms with Crippen LogP contribution < -0.4 is 10.2 Å². The third-order valence-electron chi connectivity index (χ3n) is 2.69. The largest absolute Gasteiger partial charge is 0.550 e. The van der Waals surface area contributed by atoms with E-state index in [0.717, 1.165) is 0 Å². The number of carboxylic acid groups (broad SMARTS) is 2. The molecule has 0 aromatic heterocycles. The normalized spacial score (nSPS) is 13.8. The Balaban J connectivity index is 0. The number of quaternary nitrogens is 2. The van der Waals surface area contributed by atoms with Gasteiger partial charge in [-0.05, 0) is 0 Å². The number of aliphatic hydroxyl groups is 1. The molecule has 0 saturated carbocycles. The third kappa shape index (κ3) is 20.3. The van der Waals surface area contributed by atoms with Crippen molar-refractivity contribution in [3.8, 4) is 0 Å². The van der Waals surface area contributed by atoms with Crippen LogP contribution in [-0.4, -0.2) is 96.2 Å². The number of carboxylic acids is 2. The van der Waals surface area contributed by atoms with Crippen LogP contribution in [0.4, 0.5) is 0 Å². The van der Waals surface area contributed by atoms with Crippen LogP contribution in [0.15, 0.2) is 0 Å². The highest BCUT2D eigenvalue weighted by atomic mass is 16.6. The molecule has 0 amide bonds. The first-order chi connectivity index (χ1) is 11.6. The number of ether oxygens (including phenoxy) is 1. The van der Waals surface area contributed by atoms with E-state index in [2.05, 4.69) is 0 Å². The minimum absolute atomic E-state index is 0.0136. The van der Waals surface area contributed by atoms with E-state index in [4.69, 9.17) is 15.1 Å². The van der Waals surface area contributed by atoms with Crippen LogP contribution in [0.1, 0.15) is 26.2 Å². The fraction of sp³-hybridized carbons (Fsp3) is 0.800. The van der Waals surface area contributed by atoms with Gasteiger partial charge in [0.05, 0.1) is 28.2 Å². The zero-order valence-electron chi connectivity index (χ0n) is 15.9. The lowest BCUT2D eigenvalue weighted by Crippen LogP contribution is -2.45.